The highest BCUT2D eigenvalue weighted by atomic mass is 16.3. The summed E-state index contributed by atoms with van der Waals surface area (Å²) in [4.78, 5) is 12.0. The molecule has 2 heteroatoms. The fourth-order valence-corrected chi connectivity index (χ4v) is 2.27. The standard InChI is InChI=1S/C13H24O2/c1-10(14)9-11(15)13(4)7-5-12(2,3)6-8-13/h10,14H,5-9H2,1-4H3. The highest BCUT2D eigenvalue weighted by Gasteiger charge is 2.39. The lowest BCUT2D eigenvalue weighted by Crippen LogP contribution is -2.36. The van der Waals surface area contributed by atoms with Crippen molar-refractivity contribution in [2.75, 3.05) is 0 Å². The molecule has 15 heavy (non-hydrogen) atoms. The van der Waals surface area contributed by atoms with Gasteiger partial charge in [0.25, 0.3) is 0 Å². The van der Waals surface area contributed by atoms with Gasteiger partial charge in [0.05, 0.1) is 6.10 Å². The van der Waals surface area contributed by atoms with E-state index in [0.717, 1.165) is 25.7 Å². The van der Waals surface area contributed by atoms with Crippen LogP contribution in [0.25, 0.3) is 0 Å². The summed E-state index contributed by atoms with van der Waals surface area (Å²) in [5.74, 6) is 0.244. The van der Waals surface area contributed by atoms with Gasteiger partial charge in [0.15, 0.2) is 0 Å². The maximum Gasteiger partial charge on any atom is 0.141 e. The number of aliphatic hydroxyl groups excluding tert-OH is 1. The fraction of sp³-hybridized carbons (Fsp3) is 0.923. The molecular formula is C13H24O2. The van der Waals surface area contributed by atoms with Gasteiger partial charge in [-0.05, 0) is 38.0 Å². The summed E-state index contributed by atoms with van der Waals surface area (Å²) in [5.41, 5.74) is 0.219. The minimum atomic E-state index is -0.496. The Morgan fingerprint density at radius 3 is 2.07 bits per heavy atom. The van der Waals surface area contributed by atoms with Crippen molar-refractivity contribution in [1.29, 1.82) is 0 Å². The smallest absolute Gasteiger partial charge is 0.141 e. The monoisotopic (exact) mass is 212 g/mol. The normalized spacial score (nSPS) is 25.9. The van der Waals surface area contributed by atoms with E-state index in [2.05, 4.69) is 20.8 Å². The van der Waals surface area contributed by atoms with Crippen LogP contribution in [0.1, 0.15) is 59.8 Å². The number of aliphatic hydroxyl groups is 1. The van der Waals surface area contributed by atoms with Crippen molar-refractivity contribution in [1.82, 2.24) is 0 Å². The molecule has 0 aromatic rings. The van der Waals surface area contributed by atoms with Crippen LogP contribution in [0.15, 0.2) is 0 Å². The zero-order valence-electron chi connectivity index (χ0n) is 10.5. The van der Waals surface area contributed by atoms with E-state index in [1.807, 2.05) is 0 Å². The summed E-state index contributed by atoms with van der Waals surface area (Å²) in [6.07, 6.45) is 4.02. The van der Waals surface area contributed by atoms with Crippen LogP contribution in [0.5, 0.6) is 0 Å². The molecule has 88 valence electrons. The van der Waals surface area contributed by atoms with Crippen molar-refractivity contribution >= 4 is 5.78 Å². The average Bonchev–Trinajstić information content (AvgIpc) is 2.09. The molecule has 1 aliphatic carbocycles. The number of hydrogen-bond donors (Lipinski definition) is 1. The van der Waals surface area contributed by atoms with Gasteiger partial charge in [0, 0.05) is 11.8 Å². The zero-order chi connectivity index (χ0) is 11.7. The SMILES string of the molecule is CC(O)CC(=O)C1(C)CCC(C)(C)CC1. The molecule has 1 rings (SSSR count). The maximum absolute atomic E-state index is 12.0. The molecular weight excluding hydrogens is 188 g/mol. The Hall–Kier alpha value is -0.370. The van der Waals surface area contributed by atoms with Crippen molar-refractivity contribution in [2.45, 2.75) is 65.9 Å². The van der Waals surface area contributed by atoms with Crippen molar-refractivity contribution in [3.8, 4) is 0 Å². The Kier molecular flexibility index (Phi) is 3.59. The van der Waals surface area contributed by atoms with Gasteiger partial charge in [-0.15, -0.1) is 0 Å². The van der Waals surface area contributed by atoms with Gasteiger partial charge < -0.3 is 5.11 Å². The Morgan fingerprint density at radius 2 is 1.67 bits per heavy atom. The number of hydrogen-bond acceptors (Lipinski definition) is 2. The van der Waals surface area contributed by atoms with Crippen molar-refractivity contribution in [3.63, 3.8) is 0 Å². The third-order valence-corrected chi connectivity index (χ3v) is 3.86. The number of ketones is 1. The van der Waals surface area contributed by atoms with Crippen LogP contribution in [-0.4, -0.2) is 17.0 Å². The van der Waals surface area contributed by atoms with Crippen LogP contribution < -0.4 is 0 Å². The highest BCUT2D eigenvalue weighted by Crippen LogP contribution is 2.45. The summed E-state index contributed by atoms with van der Waals surface area (Å²) in [6.45, 7) is 8.29. The van der Waals surface area contributed by atoms with Gasteiger partial charge in [0.1, 0.15) is 5.78 Å². The van der Waals surface area contributed by atoms with Gasteiger partial charge >= 0.3 is 0 Å². The maximum atomic E-state index is 12.0. The molecule has 1 fully saturated rings. The lowest BCUT2D eigenvalue weighted by atomic mass is 9.64. The first-order chi connectivity index (χ1) is 6.75. The van der Waals surface area contributed by atoms with Gasteiger partial charge in [-0.25, -0.2) is 0 Å². The number of carbonyl (C=O) groups excluding carboxylic acids is 1. The third kappa shape index (κ3) is 3.30. The Bertz CT molecular complexity index is 231. The van der Waals surface area contributed by atoms with E-state index >= 15 is 0 Å². The molecule has 1 aliphatic rings. The Morgan fingerprint density at radius 1 is 1.20 bits per heavy atom. The quantitative estimate of drug-likeness (QED) is 0.781. The molecule has 0 saturated heterocycles. The second-order valence-corrected chi connectivity index (χ2v) is 6.20. The topological polar surface area (TPSA) is 37.3 Å². The molecule has 0 amide bonds. The predicted octanol–water partition coefficient (Wildman–Crippen LogP) is 2.93. The largest absolute Gasteiger partial charge is 0.393 e. The van der Waals surface area contributed by atoms with Crippen LogP contribution in [0.4, 0.5) is 0 Å². The lowest BCUT2D eigenvalue weighted by molar-refractivity contribution is -0.132. The van der Waals surface area contributed by atoms with Crippen LogP contribution in [-0.2, 0) is 4.79 Å². The van der Waals surface area contributed by atoms with Crippen LogP contribution in [0.2, 0.25) is 0 Å². The molecule has 1 unspecified atom stereocenters. The summed E-state index contributed by atoms with van der Waals surface area (Å²) >= 11 is 0. The Balaban J connectivity index is 2.58. The minimum absolute atomic E-state index is 0.174. The van der Waals surface area contributed by atoms with Gasteiger partial charge in [-0.3, -0.25) is 4.79 Å². The number of Topliss-reactive ketones (excluding diaryl/α,β-unsaturated/α-hetero) is 1. The lowest BCUT2D eigenvalue weighted by Gasteiger charge is -2.40. The first-order valence-corrected chi connectivity index (χ1v) is 5.97. The molecule has 2 nitrogen and oxygen atoms in total. The van der Waals surface area contributed by atoms with E-state index in [0.29, 0.717) is 11.8 Å². The first-order valence-electron chi connectivity index (χ1n) is 5.97. The van der Waals surface area contributed by atoms with Crippen molar-refractivity contribution < 1.29 is 9.90 Å². The number of rotatable bonds is 3. The third-order valence-electron chi connectivity index (χ3n) is 3.86. The molecule has 0 heterocycles. The molecule has 1 atom stereocenters. The molecule has 0 bridgehead atoms. The van der Waals surface area contributed by atoms with E-state index in [9.17, 15) is 9.90 Å². The van der Waals surface area contributed by atoms with E-state index < -0.39 is 6.10 Å². The zero-order valence-corrected chi connectivity index (χ0v) is 10.5. The van der Waals surface area contributed by atoms with Gasteiger partial charge in [0.2, 0.25) is 0 Å². The molecule has 0 aromatic heterocycles. The van der Waals surface area contributed by atoms with E-state index in [4.69, 9.17) is 0 Å². The van der Waals surface area contributed by atoms with Crippen LogP contribution in [0, 0.1) is 10.8 Å². The van der Waals surface area contributed by atoms with Gasteiger partial charge in [-0.1, -0.05) is 20.8 Å². The van der Waals surface area contributed by atoms with Crippen LogP contribution >= 0.6 is 0 Å². The van der Waals surface area contributed by atoms with E-state index in [-0.39, 0.29) is 11.2 Å². The average molecular weight is 212 g/mol. The summed E-state index contributed by atoms with van der Waals surface area (Å²) < 4.78 is 0. The summed E-state index contributed by atoms with van der Waals surface area (Å²) in [6, 6.07) is 0. The van der Waals surface area contributed by atoms with Crippen molar-refractivity contribution in [2.24, 2.45) is 10.8 Å². The molecule has 1 saturated carbocycles. The van der Waals surface area contributed by atoms with E-state index in [1.165, 1.54) is 0 Å². The predicted molar refractivity (Wildman–Crippen MR) is 61.7 cm³/mol. The number of carbonyl (C=O) groups is 1. The summed E-state index contributed by atoms with van der Waals surface area (Å²) in [5, 5.41) is 9.25. The molecule has 0 aliphatic heterocycles. The highest BCUT2D eigenvalue weighted by molar-refractivity contribution is 5.84. The van der Waals surface area contributed by atoms with E-state index in [1.54, 1.807) is 6.92 Å². The molecule has 0 radical (unpaired) electrons. The van der Waals surface area contributed by atoms with Crippen LogP contribution in [0.3, 0.4) is 0 Å². The fourth-order valence-electron chi connectivity index (χ4n) is 2.27. The second-order valence-electron chi connectivity index (χ2n) is 6.20. The minimum Gasteiger partial charge on any atom is -0.393 e. The summed E-state index contributed by atoms with van der Waals surface area (Å²) in [7, 11) is 0. The molecule has 1 N–H and O–H groups in total. The first kappa shape index (κ1) is 12.7. The Labute approximate surface area is 93.1 Å². The van der Waals surface area contributed by atoms with Crippen molar-refractivity contribution in [3.05, 3.63) is 0 Å². The van der Waals surface area contributed by atoms with Gasteiger partial charge in [-0.2, -0.15) is 0 Å². The molecule has 0 spiro atoms. The molecule has 0 aromatic carbocycles. The second kappa shape index (κ2) is 4.25.